The summed E-state index contributed by atoms with van der Waals surface area (Å²) in [6.07, 6.45) is 1.64. The van der Waals surface area contributed by atoms with Crippen molar-refractivity contribution in [3.05, 3.63) is 40.7 Å². The number of rotatable bonds is 3. The van der Waals surface area contributed by atoms with Crippen LogP contribution in [0.5, 0.6) is 0 Å². The molecule has 0 saturated heterocycles. The summed E-state index contributed by atoms with van der Waals surface area (Å²) in [4.78, 5) is 24.8. The van der Waals surface area contributed by atoms with Gasteiger partial charge in [-0.1, -0.05) is 0 Å². The third-order valence-electron chi connectivity index (χ3n) is 3.47. The van der Waals surface area contributed by atoms with E-state index in [4.69, 9.17) is 4.42 Å². The van der Waals surface area contributed by atoms with E-state index >= 15 is 0 Å². The maximum absolute atomic E-state index is 12.2. The maximum Gasteiger partial charge on any atom is 0.272 e. The number of nitrogens with zero attached hydrogens (tertiary/aromatic N) is 2. The second-order valence-electron chi connectivity index (χ2n) is 4.94. The van der Waals surface area contributed by atoms with Gasteiger partial charge < -0.3 is 15.1 Å². The molecular weight excluding hydrogens is 304 g/mol. The first-order chi connectivity index (χ1) is 10.7. The largest absolute Gasteiger partial charge is 0.463 e. The lowest BCUT2D eigenvalue weighted by molar-refractivity contribution is 0.0919. The zero-order valence-corrected chi connectivity index (χ0v) is 12.3. The van der Waals surface area contributed by atoms with Crippen molar-refractivity contribution in [3.8, 4) is 0 Å². The summed E-state index contributed by atoms with van der Waals surface area (Å²) in [6.45, 7) is 1.51. The minimum absolute atomic E-state index is 0.198. The Labute approximate surface area is 128 Å². The molecule has 0 saturated carbocycles. The summed E-state index contributed by atoms with van der Waals surface area (Å²) < 4.78 is 7.91. The predicted molar refractivity (Wildman–Crippen MR) is 79.8 cm³/mol. The minimum Gasteiger partial charge on any atom is -0.463 e. The molecule has 0 atom stereocenters. The monoisotopic (exact) mass is 316 g/mol. The molecule has 2 N–H and O–H groups in total. The van der Waals surface area contributed by atoms with Crippen LogP contribution in [0.2, 0.25) is 0 Å². The van der Waals surface area contributed by atoms with Gasteiger partial charge in [0.1, 0.15) is 11.3 Å². The number of furan rings is 1. The Morgan fingerprint density at radius 2 is 2.41 bits per heavy atom. The highest BCUT2D eigenvalue weighted by Crippen LogP contribution is 2.26. The summed E-state index contributed by atoms with van der Waals surface area (Å²) in [7, 11) is 0. The van der Waals surface area contributed by atoms with Gasteiger partial charge in [0.2, 0.25) is 0 Å². The van der Waals surface area contributed by atoms with Gasteiger partial charge in [0, 0.05) is 17.5 Å². The first-order valence-corrected chi connectivity index (χ1v) is 7.62. The van der Waals surface area contributed by atoms with Crippen molar-refractivity contribution in [2.45, 2.75) is 13.1 Å². The molecule has 0 aliphatic carbocycles. The molecule has 7 nitrogen and oxygen atoms in total. The number of thiophene rings is 1. The van der Waals surface area contributed by atoms with Crippen molar-refractivity contribution in [1.29, 1.82) is 0 Å². The van der Waals surface area contributed by atoms with Crippen molar-refractivity contribution in [2.75, 3.05) is 6.54 Å². The number of fused-ring (bicyclic) bond motifs is 2. The number of carbonyl (C=O) groups excluding carboxylic acids is 2. The predicted octanol–water partition coefficient (Wildman–Crippen LogP) is 1.36. The molecule has 0 unspecified atom stereocenters. The molecule has 4 heterocycles. The number of hydrogen-bond acceptors (Lipinski definition) is 5. The van der Waals surface area contributed by atoms with E-state index in [0.717, 1.165) is 15.2 Å². The second-order valence-corrected chi connectivity index (χ2v) is 6.11. The third kappa shape index (κ3) is 2.17. The number of nitrogens with one attached hydrogen (secondary N) is 2. The Morgan fingerprint density at radius 3 is 3.23 bits per heavy atom. The fourth-order valence-electron chi connectivity index (χ4n) is 2.41. The highest BCUT2D eigenvalue weighted by Gasteiger charge is 2.22. The van der Waals surface area contributed by atoms with Crippen LogP contribution in [0.1, 0.15) is 25.9 Å². The maximum atomic E-state index is 12.2. The van der Waals surface area contributed by atoms with Gasteiger partial charge in [0.25, 0.3) is 11.8 Å². The van der Waals surface area contributed by atoms with Gasteiger partial charge in [-0.05, 0) is 12.1 Å². The number of hydrogen-bond donors (Lipinski definition) is 2. The fraction of sp³-hybridized carbons (Fsp3) is 0.214. The molecule has 2 amide bonds. The van der Waals surface area contributed by atoms with Crippen LogP contribution in [0, 0.1) is 0 Å². The highest BCUT2D eigenvalue weighted by atomic mass is 32.1. The number of aromatic nitrogens is 2. The van der Waals surface area contributed by atoms with Crippen LogP contribution in [-0.4, -0.2) is 28.1 Å². The SMILES string of the molecule is O=C(NCc1cc2occc2s1)c1cc2n(n1)CCNC2=O. The first kappa shape index (κ1) is 13.1. The lowest BCUT2D eigenvalue weighted by Gasteiger charge is -2.13. The zero-order chi connectivity index (χ0) is 15.1. The van der Waals surface area contributed by atoms with Gasteiger partial charge in [-0.2, -0.15) is 5.10 Å². The van der Waals surface area contributed by atoms with Crippen LogP contribution < -0.4 is 10.6 Å². The van der Waals surface area contributed by atoms with E-state index < -0.39 is 0 Å². The number of amides is 2. The van der Waals surface area contributed by atoms with Gasteiger partial charge in [0.05, 0.1) is 24.1 Å². The molecule has 0 radical (unpaired) electrons. The Morgan fingerprint density at radius 1 is 1.50 bits per heavy atom. The van der Waals surface area contributed by atoms with Gasteiger partial charge in [-0.25, -0.2) is 0 Å². The molecule has 112 valence electrons. The standard InChI is InChI=1S/C14H12N4O3S/c19-13(9-6-10-14(20)15-2-3-18(10)17-9)16-7-8-5-11-12(22-8)1-4-21-11/h1,4-6H,2-3,7H2,(H,15,20)(H,16,19). The van der Waals surface area contributed by atoms with Crippen molar-refractivity contribution in [1.82, 2.24) is 20.4 Å². The van der Waals surface area contributed by atoms with E-state index in [9.17, 15) is 9.59 Å². The van der Waals surface area contributed by atoms with Crippen LogP contribution in [0.15, 0.2) is 28.9 Å². The fourth-order valence-corrected chi connectivity index (χ4v) is 3.33. The summed E-state index contributed by atoms with van der Waals surface area (Å²) in [5.41, 5.74) is 1.50. The molecule has 1 aliphatic rings. The third-order valence-corrected chi connectivity index (χ3v) is 4.55. The van der Waals surface area contributed by atoms with Crippen molar-refractivity contribution < 1.29 is 14.0 Å². The Kier molecular flexibility index (Phi) is 2.97. The van der Waals surface area contributed by atoms with E-state index in [1.165, 1.54) is 6.07 Å². The summed E-state index contributed by atoms with van der Waals surface area (Å²) in [5, 5.41) is 9.71. The molecule has 3 aromatic rings. The highest BCUT2D eigenvalue weighted by molar-refractivity contribution is 7.18. The second kappa shape index (κ2) is 4.99. The Bertz CT molecular complexity index is 847. The number of carbonyl (C=O) groups is 2. The Hall–Kier alpha value is -2.61. The smallest absolute Gasteiger partial charge is 0.272 e. The van der Waals surface area contributed by atoms with Crippen LogP contribution in [0.3, 0.4) is 0 Å². The lowest BCUT2D eigenvalue weighted by atomic mass is 10.3. The molecule has 0 aromatic carbocycles. The van der Waals surface area contributed by atoms with E-state index in [0.29, 0.717) is 25.3 Å². The average Bonchev–Trinajstić information content (AvgIpc) is 3.18. The van der Waals surface area contributed by atoms with Gasteiger partial charge >= 0.3 is 0 Å². The van der Waals surface area contributed by atoms with Crippen molar-refractivity contribution in [2.24, 2.45) is 0 Å². The molecule has 22 heavy (non-hydrogen) atoms. The Balaban J connectivity index is 1.48. The van der Waals surface area contributed by atoms with E-state index in [-0.39, 0.29) is 17.5 Å². The molecule has 3 aromatic heterocycles. The molecular formula is C14H12N4O3S. The van der Waals surface area contributed by atoms with Gasteiger partial charge in [0.15, 0.2) is 5.69 Å². The van der Waals surface area contributed by atoms with Crippen molar-refractivity contribution in [3.63, 3.8) is 0 Å². The molecule has 0 spiro atoms. The molecule has 1 aliphatic heterocycles. The molecule has 4 rings (SSSR count). The van der Waals surface area contributed by atoms with E-state index in [1.807, 2.05) is 12.1 Å². The first-order valence-electron chi connectivity index (χ1n) is 6.81. The van der Waals surface area contributed by atoms with E-state index in [1.54, 1.807) is 22.3 Å². The van der Waals surface area contributed by atoms with Gasteiger partial charge in [-0.15, -0.1) is 11.3 Å². The van der Waals surface area contributed by atoms with E-state index in [2.05, 4.69) is 15.7 Å². The lowest BCUT2D eigenvalue weighted by Crippen LogP contribution is -2.35. The molecule has 0 bridgehead atoms. The zero-order valence-electron chi connectivity index (χ0n) is 11.5. The van der Waals surface area contributed by atoms with Crippen LogP contribution >= 0.6 is 11.3 Å². The van der Waals surface area contributed by atoms with Crippen LogP contribution in [-0.2, 0) is 13.1 Å². The normalized spacial score (nSPS) is 13.9. The minimum atomic E-state index is -0.292. The van der Waals surface area contributed by atoms with Crippen LogP contribution in [0.4, 0.5) is 0 Å². The molecule has 8 heteroatoms. The quantitative estimate of drug-likeness (QED) is 0.763. The summed E-state index contributed by atoms with van der Waals surface area (Å²) in [6, 6.07) is 5.32. The topological polar surface area (TPSA) is 89.2 Å². The van der Waals surface area contributed by atoms with Gasteiger partial charge in [-0.3, -0.25) is 14.3 Å². The van der Waals surface area contributed by atoms with Crippen molar-refractivity contribution >= 4 is 33.4 Å². The van der Waals surface area contributed by atoms with Crippen LogP contribution in [0.25, 0.3) is 10.3 Å². The average molecular weight is 316 g/mol. The summed E-state index contributed by atoms with van der Waals surface area (Å²) >= 11 is 1.57. The molecule has 0 fully saturated rings. The summed E-state index contributed by atoms with van der Waals surface area (Å²) in [5.74, 6) is -0.490.